The summed E-state index contributed by atoms with van der Waals surface area (Å²) in [5, 5.41) is 3.49. The van der Waals surface area contributed by atoms with Crippen LogP contribution in [0, 0.1) is 0 Å². The summed E-state index contributed by atoms with van der Waals surface area (Å²) in [7, 11) is 0. The molecule has 0 aliphatic heterocycles. The Morgan fingerprint density at radius 1 is 1.25 bits per heavy atom. The van der Waals surface area contributed by atoms with Crippen LogP contribution in [0.5, 0.6) is 0 Å². The van der Waals surface area contributed by atoms with E-state index in [2.05, 4.69) is 15.3 Å². The van der Waals surface area contributed by atoms with Crippen LogP contribution in [0.25, 0.3) is 0 Å². The summed E-state index contributed by atoms with van der Waals surface area (Å²) in [6.45, 7) is 3.97. The Kier molecular flexibility index (Phi) is 4.57. The molecule has 0 saturated carbocycles. The van der Waals surface area contributed by atoms with Gasteiger partial charge >= 0.3 is 0 Å². The molecule has 2 aromatic heterocycles. The number of amides is 1. The Morgan fingerprint density at radius 3 is 2.60 bits per heavy atom. The van der Waals surface area contributed by atoms with Crippen LogP contribution in [0.4, 0.5) is 5.82 Å². The maximum Gasteiger partial charge on any atom is 0.256 e. The minimum Gasteiger partial charge on any atom is -0.307 e. The largest absolute Gasteiger partial charge is 0.307 e. The lowest BCUT2D eigenvalue weighted by atomic mass is 10.1. The van der Waals surface area contributed by atoms with E-state index < -0.39 is 0 Å². The number of rotatable bonds is 3. The van der Waals surface area contributed by atoms with Gasteiger partial charge in [-0.3, -0.25) is 4.79 Å². The summed E-state index contributed by atoms with van der Waals surface area (Å²) in [5.41, 5.74) is 1.22. The van der Waals surface area contributed by atoms with Crippen molar-refractivity contribution in [2.45, 2.75) is 19.8 Å². The van der Waals surface area contributed by atoms with Gasteiger partial charge in [0.25, 0.3) is 5.91 Å². The molecular formula is C14H13Cl2N3O. The topological polar surface area (TPSA) is 54.9 Å². The number of carbonyl (C=O) groups excluding carboxylic acids is 1. The Bertz CT molecular complexity index is 627. The fourth-order valence-corrected chi connectivity index (χ4v) is 1.91. The van der Waals surface area contributed by atoms with Gasteiger partial charge < -0.3 is 5.32 Å². The second-order valence-electron chi connectivity index (χ2n) is 4.57. The van der Waals surface area contributed by atoms with Gasteiger partial charge in [-0.05, 0) is 30.2 Å². The van der Waals surface area contributed by atoms with Crippen LogP contribution < -0.4 is 5.32 Å². The van der Waals surface area contributed by atoms with Gasteiger partial charge in [0.1, 0.15) is 11.0 Å². The van der Waals surface area contributed by atoms with Crippen LogP contribution in [-0.4, -0.2) is 15.9 Å². The van der Waals surface area contributed by atoms with E-state index in [9.17, 15) is 4.79 Å². The molecular weight excluding hydrogens is 297 g/mol. The first-order valence-corrected chi connectivity index (χ1v) is 6.81. The molecule has 0 spiro atoms. The Morgan fingerprint density at radius 2 is 2.00 bits per heavy atom. The molecule has 0 bridgehead atoms. The van der Waals surface area contributed by atoms with E-state index >= 15 is 0 Å². The average Bonchev–Trinajstić information content (AvgIpc) is 2.40. The van der Waals surface area contributed by atoms with Gasteiger partial charge in [-0.1, -0.05) is 37.0 Å². The van der Waals surface area contributed by atoms with Crippen molar-refractivity contribution < 1.29 is 4.79 Å². The van der Waals surface area contributed by atoms with Crippen LogP contribution in [0.3, 0.4) is 0 Å². The smallest absolute Gasteiger partial charge is 0.256 e. The lowest BCUT2D eigenvalue weighted by molar-refractivity contribution is 0.102. The number of aromatic nitrogens is 2. The fraction of sp³-hybridized carbons (Fsp3) is 0.214. The average molecular weight is 310 g/mol. The van der Waals surface area contributed by atoms with Gasteiger partial charge in [-0.25, -0.2) is 9.97 Å². The lowest BCUT2D eigenvalue weighted by Gasteiger charge is -2.09. The zero-order valence-electron chi connectivity index (χ0n) is 11.0. The van der Waals surface area contributed by atoms with E-state index in [4.69, 9.17) is 23.2 Å². The van der Waals surface area contributed by atoms with Gasteiger partial charge in [-0.15, -0.1) is 0 Å². The normalized spacial score (nSPS) is 10.7. The number of halogens is 2. The van der Waals surface area contributed by atoms with Crippen LogP contribution in [0.1, 0.15) is 35.8 Å². The van der Waals surface area contributed by atoms with E-state index in [0.29, 0.717) is 21.6 Å². The molecule has 0 atom stereocenters. The van der Waals surface area contributed by atoms with Crippen molar-refractivity contribution in [3.05, 3.63) is 51.9 Å². The highest BCUT2D eigenvalue weighted by Crippen LogP contribution is 2.18. The van der Waals surface area contributed by atoms with Crippen LogP contribution in [-0.2, 0) is 0 Å². The van der Waals surface area contributed by atoms with E-state index in [0.717, 1.165) is 5.69 Å². The van der Waals surface area contributed by atoms with Crippen molar-refractivity contribution >= 4 is 34.9 Å². The summed E-state index contributed by atoms with van der Waals surface area (Å²) in [6.07, 6.45) is 1.47. The first-order chi connectivity index (χ1) is 9.45. The highest BCUT2D eigenvalue weighted by molar-refractivity contribution is 6.30. The van der Waals surface area contributed by atoms with E-state index in [1.165, 1.54) is 12.3 Å². The highest BCUT2D eigenvalue weighted by Gasteiger charge is 2.12. The zero-order chi connectivity index (χ0) is 14.7. The second kappa shape index (κ2) is 6.20. The number of nitrogens with zero attached hydrogens (tertiary/aromatic N) is 2. The molecule has 0 radical (unpaired) electrons. The third kappa shape index (κ3) is 3.68. The molecule has 0 aliphatic rings. The summed E-state index contributed by atoms with van der Waals surface area (Å²) in [4.78, 5) is 20.4. The number of nitrogens with one attached hydrogen (secondary N) is 1. The predicted molar refractivity (Wildman–Crippen MR) is 80.5 cm³/mol. The molecule has 6 heteroatoms. The van der Waals surface area contributed by atoms with E-state index in [1.807, 2.05) is 13.8 Å². The number of pyridine rings is 2. The molecule has 0 aromatic carbocycles. The molecule has 104 valence electrons. The Balaban J connectivity index is 2.22. The SMILES string of the molecule is CC(C)c1cc(C(=O)Nc2ccc(Cl)cn2)cc(Cl)n1. The van der Waals surface area contributed by atoms with Gasteiger partial charge in [0.05, 0.1) is 5.02 Å². The molecule has 2 heterocycles. The number of hydrogen-bond donors (Lipinski definition) is 1. The molecule has 1 amide bonds. The summed E-state index contributed by atoms with van der Waals surface area (Å²) in [5.74, 6) is 0.332. The van der Waals surface area contributed by atoms with Gasteiger partial charge in [0.15, 0.2) is 0 Å². The van der Waals surface area contributed by atoms with Crippen LogP contribution >= 0.6 is 23.2 Å². The predicted octanol–water partition coefficient (Wildman–Crippen LogP) is 4.16. The summed E-state index contributed by atoms with van der Waals surface area (Å²) < 4.78 is 0. The van der Waals surface area contributed by atoms with Crippen molar-refractivity contribution in [1.29, 1.82) is 0 Å². The Labute approximate surface area is 127 Å². The van der Waals surface area contributed by atoms with E-state index in [-0.39, 0.29) is 11.8 Å². The number of carbonyl (C=O) groups is 1. The molecule has 1 N–H and O–H groups in total. The third-order valence-electron chi connectivity index (χ3n) is 2.64. The number of hydrogen-bond acceptors (Lipinski definition) is 3. The molecule has 0 saturated heterocycles. The molecule has 20 heavy (non-hydrogen) atoms. The summed E-state index contributed by atoms with van der Waals surface area (Å²) >= 11 is 11.7. The zero-order valence-corrected chi connectivity index (χ0v) is 12.5. The molecule has 2 rings (SSSR count). The standard InChI is InChI=1S/C14H13Cl2N3O/c1-8(2)11-5-9(6-12(16)18-11)14(20)19-13-4-3-10(15)7-17-13/h3-8H,1-2H3,(H,17,19,20). The minimum absolute atomic E-state index is 0.189. The monoisotopic (exact) mass is 309 g/mol. The molecule has 0 aliphatic carbocycles. The number of anilines is 1. The van der Waals surface area contributed by atoms with Gasteiger partial charge in [-0.2, -0.15) is 0 Å². The minimum atomic E-state index is -0.286. The van der Waals surface area contributed by atoms with Crippen molar-refractivity contribution in [3.8, 4) is 0 Å². The summed E-state index contributed by atoms with van der Waals surface area (Å²) in [6, 6.07) is 6.54. The van der Waals surface area contributed by atoms with Crippen molar-refractivity contribution in [3.63, 3.8) is 0 Å². The lowest BCUT2D eigenvalue weighted by Crippen LogP contribution is -2.14. The fourth-order valence-electron chi connectivity index (χ4n) is 1.58. The first kappa shape index (κ1) is 14.8. The Hall–Kier alpha value is -1.65. The van der Waals surface area contributed by atoms with E-state index in [1.54, 1.807) is 18.2 Å². The maximum atomic E-state index is 12.2. The van der Waals surface area contributed by atoms with Gasteiger partial charge in [0.2, 0.25) is 0 Å². The van der Waals surface area contributed by atoms with Crippen molar-refractivity contribution in [2.75, 3.05) is 5.32 Å². The third-order valence-corrected chi connectivity index (χ3v) is 3.05. The molecule has 4 nitrogen and oxygen atoms in total. The quantitative estimate of drug-likeness (QED) is 0.866. The van der Waals surface area contributed by atoms with Gasteiger partial charge in [0, 0.05) is 17.5 Å². The highest BCUT2D eigenvalue weighted by atomic mass is 35.5. The maximum absolute atomic E-state index is 12.2. The van der Waals surface area contributed by atoms with Crippen molar-refractivity contribution in [1.82, 2.24) is 9.97 Å². The van der Waals surface area contributed by atoms with Crippen molar-refractivity contribution in [2.24, 2.45) is 0 Å². The first-order valence-electron chi connectivity index (χ1n) is 6.06. The van der Waals surface area contributed by atoms with Crippen LogP contribution in [0.15, 0.2) is 30.5 Å². The second-order valence-corrected chi connectivity index (χ2v) is 5.40. The molecule has 2 aromatic rings. The molecule has 0 fully saturated rings. The molecule has 0 unspecified atom stereocenters. The van der Waals surface area contributed by atoms with Crippen LogP contribution in [0.2, 0.25) is 10.2 Å².